The second kappa shape index (κ2) is 6.49. The lowest BCUT2D eigenvalue weighted by atomic mass is 10.2. The first-order valence-electron chi connectivity index (χ1n) is 5.53. The molecule has 0 bridgehead atoms. The van der Waals surface area contributed by atoms with Crippen molar-refractivity contribution in [1.29, 1.82) is 5.26 Å². The van der Waals surface area contributed by atoms with Crippen molar-refractivity contribution in [3.8, 4) is 6.07 Å². The predicted octanol–water partition coefficient (Wildman–Crippen LogP) is 0.653. The molecule has 1 aromatic rings. The molecule has 7 nitrogen and oxygen atoms in total. The van der Waals surface area contributed by atoms with Crippen molar-refractivity contribution in [3.05, 3.63) is 29.6 Å². The van der Waals surface area contributed by atoms with Crippen LogP contribution in [0.1, 0.15) is 12.5 Å². The Morgan fingerprint density at radius 2 is 2.10 bits per heavy atom. The number of aliphatic carboxylic acids is 1. The van der Waals surface area contributed by atoms with E-state index in [9.17, 15) is 19.1 Å². The summed E-state index contributed by atoms with van der Waals surface area (Å²) in [6.45, 7) is 1.21. The minimum absolute atomic E-state index is 0.121. The third-order valence-electron chi connectivity index (χ3n) is 2.38. The molecule has 2 amide bonds. The lowest BCUT2D eigenvalue weighted by Gasteiger charge is -2.17. The van der Waals surface area contributed by atoms with Crippen LogP contribution < -0.4 is 10.6 Å². The number of carboxylic acid groups (broad SMARTS) is 1. The quantitative estimate of drug-likeness (QED) is 0.645. The number of hydrogen-bond donors (Lipinski definition) is 4. The Hall–Kier alpha value is -2.66. The van der Waals surface area contributed by atoms with Crippen molar-refractivity contribution in [2.45, 2.75) is 19.1 Å². The molecule has 0 aliphatic heterocycles. The second-order valence-corrected chi connectivity index (χ2v) is 3.96. The van der Waals surface area contributed by atoms with Gasteiger partial charge < -0.3 is 20.8 Å². The van der Waals surface area contributed by atoms with Crippen molar-refractivity contribution in [2.24, 2.45) is 0 Å². The van der Waals surface area contributed by atoms with Crippen LogP contribution in [-0.4, -0.2) is 34.4 Å². The van der Waals surface area contributed by atoms with E-state index in [0.29, 0.717) is 0 Å². The molecule has 8 heteroatoms. The van der Waals surface area contributed by atoms with Crippen LogP contribution in [0.25, 0.3) is 0 Å². The lowest BCUT2D eigenvalue weighted by Crippen LogP contribution is -2.49. The molecule has 0 radical (unpaired) electrons. The van der Waals surface area contributed by atoms with Gasteiger partial charge in [-0.15, -0.1) is 0 Å². The largest absolute Gasteiger partial charge is 0.480 e. The highest BCUT2D eigenvalue weighted by Crippen LogP contribution is 2.13. The van der Waals surface area contributed by atoms with Crippen LogP contribution in [0.15, 0.2) is 18.2 Å². The molecule has 0 spiro atoms. The number of carbonyl (C=O) groups excluding carboxylic acids is 1. The minimum atomic E-state index is -1.48. The fourth-order valence-electron chi connectivity index (χ4n) is 1.39. The van der Waals surface area contributed by atoms with Gasteiger partial charge in [0.05, 0.1) is 11.7 Å². The predicted molar refractivity (Wildman–Crippen MR) is 66.4 cm³/mol. The molecule has 2 atom stereocenters. The van der Waals surface area contributed by atoms with Crippen LogP contribution >= 0.6 is 0 Å². The van der Waals surface area contributed by atoms with Crippen LogP contribution in [0, 0.1) is 17.1 Å². The van der Waals surface area contributed by atoms with E-state index in [1.54, 1.807) is 6.07 Å². The molecular formula is C12H12FN3O4. The summed E-state index contributed by atoms with van der Waals surface area (Å²) in [7, 11) is 0. The van der Waals surface area contributed by atoms with Gasteiger partial charge >= 0.3 is 12.0 Å². The molecule has 1 rings (SSSR count). The second-order valence-electron chi connectivity index (χ2n) is 3.96. The SMILES string of the molecule is CC(O)C(NC(=O)Nc1ccc(F)c(C#N)c1)C(=O)O. The van der Waals surface area contributed by atoms with Gasteiger partial charge in [-0.3, -0.25) is 0 Å². The fourth-order valence-corrected chi connectivity index (χ4v) is 1.39. The van der Waals surface area contributed by atoms with E-state index in [2.05, 4.69) is 5.32 Å². The smallest absolute Gasteiger partial charge is 0.328 e. The Balaban J connectivity index is 2.76. The number of amides is 2. The summed E-state index contributed by atoms with van der Waals surface area (Å²) in [6.07, 6.45) is -1.29. The zero-order chi connectivity index (χ0) is 15.3. The zero-order valence-corrected chi connectivity index (χ0v) is 10.4. The first-order chi connectivity index (χ1) is 9.35. The first kappa shape index (κ1) is 15.4. The summed E-state index contributed by atoms with van der Waals surface area (Å²) < 4.78 is 13.1. The number of anilines is 1. The molecule has 1 aromatic carbocycles. The number of hydrogen-bond acceptors (Lipinski definition) is 4. The molecular weight excluding hydrogens is 269 g/mol. The molecule has 0 saturated heterocycles. The van der Waals surface area contributed by atoms with Gasteiger partial charge in [0.2, 0.25) is 0 Å². The van der Waals surface area contributed by atoms with E-state index < -0.39 is 30.0 Å². The van der Waals surface area contributed by atoms with Gasteiger partial charge in [0.25, 0.3) is 0 Å². The molecule has 2 unspecified atom stereocenters. The van der Waals surface area contributed by atoms with Crippen LogP contribution in [0.4, 0.5) is 14.9 Å². The Morgan fingerprint density at radius 3 is 2.60 bits per heavy atom. The molecule has 0 saturated carbocycles. The molecule has 0 aromatic heterocycles. The van der Waals surface area contributed by atoms with E-state index in [1.807, 2.05) is 5.32 Å². The average Bonchev–Trinajstić information content (AvgIpc) is 2.37. The maximum atomic E-state index is 13.1. The fraction of sp³-hybridized carbons (Fsp3) is 0.250. The van der Waals surface area contributed by atoms with E-state index in [1.165, 1.54) is 13.0 Å². The molecule has 0 aliphatic carbocycles. The summed E-state index contributed by atoms with van der Waals surface area (Å²) in [5.41, 5.74) is -0.136. The monoisotopic (exact) mass is 281 g/mol. The molecule has 0 heterocycles. The van der Waals surface area contributed by atoms with Crippen molar-refractivity contribution in [2.75, 3.05) is 5.32 Å². The Kier molecular flexibility index (Phi) is 5.00. The van der Waals surface area contributed by atoms with E-state index >= 15 is 0 Å². The third-order valence-corrected chi connectivity index (χ3v) is 2.38. The topological polar surface area (TPSA) is 122 Å². The van der Waals surface area contributed by atoms with Gasteiger partial charge in [0, 0.05) is 5.69 Å². The number of nitrogens with zero attached hydrogens (tertiary/aromatic N) is 1. The highest BCUT2D eigenvalue weighted by molar-refractivity contribution is 5.92. The first-order valence-corrected chi connectivity index (χ1v) is 5.53. The van der Waals surface area contributed by atoms with Gasteiger partial charge in [-0.1, -0.05) is 0 Å². The number of aliphatic hydroxyl groups excluding tert-OH is 1. The van der Waals surface area contributed by atoms with Crippen LogP contribution in [0.3, 0.4) is 0 Å². The van der Waals surface area contributed by atoms with Crippen molar-refractivity contribution < 1.29 is 24.2 Å². The van der Waals surface area contributed by atoms with E-state index in [4.69, 9.17) is 10.4 Å². The van der Waals surface area contributed by atoms with Crippen molar-refractivity contribution in [3.63, 3.8) is 0 Å². The Bertz CT molecular complexity index is 568. The highest BCUT2D eigenvalue weighted by atomic mass is 19.1. The molecule has 0 aliphatic rings. The normalized spacial score (nSPS) is 12.9. The summed E-state index contributed by atoms with van der Waals surface area (Å²) in [5, 5.41) is 30.9. The number of rotatable bonds is 4. The maximum Gasteiger partial charge on any atom is 0.328 e. The van der Waals surface area contributed by atoms with Crippen LogP contribution in [0.2, 0.25) is 0 Å². The van der Waals surface area contributed by atoms with Gasteiger partial charge in [-0.2, -0.15) is 5.26 Å². The molecule has 0 fully saturated rings. The Labute approximate surface area is 113 Å². The lowest BCUT2D eigenvalue weighted by molar-refractivity contribution is -0.141. The highest BCUT2D eigenvalue weighted by Gasteiger charge is 2.24. The summed E-state index contributed by atoms with van der Waals surface area (Å²) in [4.78, 5) is 22.3. The number of urea groups is 1. The summed E-state index contributed by atoms with van der Waals surface area (Å²) in [6, 6.07) is 2.55. The number of benzene rings is 1. The third kappa shape index (κ3) is 3.93. The van der Waals surface area contributed by atoms with Gasteiger partial charge in [0.15, 0.2) is 6.04 Å². The number of nitriles is 1. The van der Waals surface area contributed by atoms with Crippen LogP contribution in [0.5, 0.6) is 0 Å². The van der Waals surface area contributed by atoms with Gasteiger partial charge in [-0.05, 0) is 25.1 Å². The molecule has 106 valence electrons. The number of halogens is 1. The number of carbonyl (C=O) groups is 2. The summed E-state index contributed by atoms with van der Waals surface area (Å²) >= 11 is 0. The number of nitrogens with one attached hydrogen (secondary N) is 2. The Morgan fingerprint density at radius 1 is 1.45 bits per heavy atom. The van der Waals surface area contributed by atoms with E-state index in [0.717, 1.165) is 12.1 Å². The molecule has 20 heavy (non-hydrogen) atoms. The zero-order valence-electron chi connectivity index (χ0n) is 10.4. The van der Waals surface area contributed by atoms with Gasteiger partial charge in [-0.25, -0.2) is 14.0 Å². The van der Waals surface area contributed by atoms with Gasteiger partial charge in [0.1, 0.15) is 11.9 Å². The van der Waals surface area contributed by atoms with Crippen molar-refractivity contribution >= 4 is 17.7 Å². The maximum absolute atomic E-state index is 13.1. The number of carboxylic acids is 1. The van der Waals surface area contributed by atoms with Crippen LogP contribution in [-0.2, 0) is 4.79 Å². The average molecular weight is 281 g/mol. The van der Waals surface area contributed by atoms with E-state index in [-0.39, 0.29) is 11.3 Å². The standard InChI is InChI=1S/C12H12FN3O4/c1-6(17)10(11(18)19)16-12(20)15-8-2-3-9(13)7(4-8)5-14/h2-4,6,10,17H,1H3,(H,18,19)(H2,15,16,20). The number of aliphatic hydroxyl groups is 1. The summed E-state index contributed by atoms with van der Waals surface area (Å²) in [5.74, 6) is -2.13. The van der Waals surface area contributed by atoms with Crippen molar-refractivity contribution in [1.82, 2.24) is 5.32 Å². The molecule has 4 N–H and O–H groups in total. The minimum Gasteiger partial charge on any atom is -0.480 e.